The zero-order valence-corrected chi connectivity index (χ0v) is 14.1. The number of carboxylic acids is 1. The molecule has 0 bridgehead atoms. The second-order valence-corrected chi connectivity index (χ2v) is 6.01. The Hall–Kier alpha value is -1.36. The van der Waals surface area contributed by atoms with Gasteiger partial charge in [-0.15, -0.1) is 0 Å². The number of nitrogens with zero attached hydrogens (tertiary/aromatic N) is 1. The molecule has 4 nitrogen and oxygen atoms in total. The van der Waals surface area contributed by atoms with E-state index in [0.717, 1.165) is 16.5 Å². The van der Waals surface area contributed by atoms with Crippen LogP contribution in [0.4, 0.5) is 0 Å². The fourth-order valence-corrected chi connectivity index (χ4v) is 2.67. The molecule has 0 aliphatic carbocycles. The lowest BCUT2D eigenvalue weighted by molar-refractivity contribution is -0.138. The average Bonchev–Trinajstić information content (AvgIpc) is 2.45. The number of carboxylic acid groups (broad SMARTS) is 1. The van der Waals surface area contributed by atoms with Crippen LogP contribution in [0.3, 0.4) is 0 Å². The van der Waals surface area contributed by atoms with Gasteiger partial charge in [0.2, 0.25) is 5.91 Å². The number of benzene rings is 1. The van der Waals surface area contributed by atoms with Crippen molar-refractivity contribution < 1.29 is 14.7 Å². The van der Waals surface area contributed by atoms with Gasteiger partial charge in [0.05, 0.1) is 0 Å². The van der Waals surface area contributed by atoms with E-state index in [1.165, 1.54) is 0 Å². The lowest BCUT2D eigenvalue weighted by atomic mass is 9.95. The first kappa shape index (κ1) is 17.7. The van der Waals surface area contributed by atoms with Gasteiger partial charge in [0.1, 0.15) is 0 Å². The van der Waals surface area contributed by atoms with Crippen LogP contribution >= 0.6 is 15.9 Å². The molecule has 0 radical (unpaired) electrons. The van der Waals surface area contributed by atoms with Crippen molar-refractivity contribution in [2.75, 3.05) is 13.6 Å². The minimum Gasteiger partial charge on any atom is -0.481 e. The van der Waals surface area contributed by atoms with Crippen LogP contribution in [0.2, 0.25) is 0 Å². The summed E-state index contributed by atoms with van der Waals surface area (Å²) in [4.78, 5) is 24.6. The summed E-state index contributed by atoms with van der Waals surface area (Å²) >= 11 is 3.51. The predicted molar refractivity (Wildman–Crippen MR) is 86.1 cm³/mol. The number of amides is 1. The first-order valence-corrected chi connectivity index (χ1v) is 7.95. The standard InChI is InChI=1S/C16H22BrNO3/c1-3-12(11-13-7-4-5-8-14(13)17)16(21)18(2)10-6-9-15(19)20/h4-5,7-8,12H,3,6,9-11H2,1-2H3,(H,19,20). The van der Waals surface area contributed by atoms with Crippen LogP contribution in [0.25, 0.3) is 0 Å². The van der Waals surface area contributed by atoms with Gasteiger partial charge >= 0.3 is 5.97 Å². The van der Waals surface area contributed by atoms with Crippen molar-refractivity contribution in [3.8, 4) is 0 Å². The van der Waals surface area contributed by atoms with Crippen molar-refractivity contribution in [2.24, 2.45) is 5.92 Å². The first-order chi connectivity index (χ1) is 9.95. The summed E-state index contributed by atoms with van der Waals surface area (Å²) in [6.07, 6.45) is 2.05. The number of hydrogen-bond acceptors (Lipinski definition) is 2. The zero-order valence-electron chi connectivity index (χ0n) is 12.5. The molecule has 116 valence electrons. The van der Waals surface area contributed by atoms with Crippen LogP contribution < -0.4 is 0 Å². The van der Waals surface area contributed by atoms with Gasteiger partial charge in [0.25, 0.3) is 0 Å². The van der Waals surface area contributed by atoms with Gasteiger partial charge < -0.3 is 10.0 Å². The highest BCUT2D eigenvalue weighted by Crippen LogP contribution is 2.22. The first-order valence-electron chi connectivity index (χ1n) is 7.15. The van der Waals surface area contributed by atoms with Gasteiger partial charge in [-0.1, -0.05) is 41.1 Å². The Morgan fingerprint density at radius 1 is 1.33 bits per heavy atom. The lowest BCUT2D eigenvalue weighted by Gasteiger charge is -2.23. The summed E-state index contributed by atoms with van der Waals surface area (Å²) < 4.78 is 1.02. The van der Waals surface area contributed by atoms with Crippen LogP contribution in [-0.4, -0.2) is 35.5 Å². The summed E-state index contributed by atoms with van der Waals surface area (Å²) in [5.41, 5.74) is 1.12. The van der Waals surface area contributed by atoms with Gasteiger partial charge in [-0.25, -0.2) is 0 Å². The highest BCUT2D eigenvalue weighted by molar-refractivity contribution is 9.10. The van der Waals surface area contributed by atoms with E-state index in [1.807, 2.05) is 31.2 Å². The Morgan fingerprint density at radius 3 is 2.57 bits per heavy atom. The minimum absolute atomic E-state index is 0.0708. The van der Waals surface area contributed by atoms with Gasteiger partial charge in [-0.2, -0.15) is 0 Å². The summed E-state index contributed by atoms with van der Waals surface area (Å²) in [5.74, 6) is -0.812. The molecule has 0 heterocycles. The second kappa shape index (κ2) is 8.82. The third-order valence-corrected chi connectivity index (χ3v) is 4.30. The summed E-state index contributed by atoms with van der Waals surface area (Å²) in [6, 6.07) is 7.91. The fourth-order valence-electron chi connectivity index (χ4n) is 2.22. The van der Waals surface area contributed by atoms with Crippen molar-refractivity contribution in [1.82, 2.24) is 4.90 Å². The summed E-state index contributed by atoms with van der Waals surface area (Å²) in [5, 5.41) is 8.64. The molecule has 21 heavy (non-hydrogen) atoms. The molecule has 0 fully saturated rings. The Morgan fingerprint density at radius 2 is 2.00 bits per heavy atom. The van der Waals surface area contributed by atoms with Gasteiger partial charge in [0, 0.05) is 30.4 Å². The maximum absolute atomic E-state index is 12.4. The maximum Gasteiger partial charge on any atom is 0.303 e. The molecule has 0 aliphatic heterocycles. The number of rotatable bonds is 8. The Kier molecular flexibility index (Phi) is 7.43. The van der Waals surface area contributed by atoms with E-state index < -0.39 is 5.97 Å². The number of halogens is 1. The van der Waals surface area contributed by atoms with Crippen molar-refractivity contribution in [3.63, 3.8) is 0 Å². The Labute approximate surface area is 134 Å². The van der Waals surface area contributed by atoms with Crippen LogP contribution in [-0.2, 0) is 16.0 Å². The number of aliphatic carboxylic acids is 1. The normalized spacial score (nSPS) is 12.0. The molecule has 1 amide bonds. The number of hydrogen-bond donors (Lipinski definition) is 1. The van der Waals surface area contributed by atoms with E-state index in [0.29, 0.717) is 19.4 Å². The molecular formula is C16H22BrNO3. The SMILES string of the molecule is CCC(Cc1ccccc1Br)C(=O)N(C)CCCC(=O)O. The topological polar surface area (TPSA) is 57.6 Å². The molecular weight excluding hydrogens is 334 g/mol. The molecule has 1 aromatic carbocycles. The third kappa shape index (κ3) is 5.87. The summed E-state index contributed by atoms with van der Waals surface area (Å²) in [7, 11) is 1.74. The van der Waals surface area contributed by atoms with Crippen molar-refractivity contribution in [2.45, 2.75) is 32.6 Å². The molecule has 0 spiro atoms. The van der Waals surface area contributed by atoms with E-state index >= 15 is 0 Å². The summed E-state index contributed by atoms with van der Waals surface area (Å²) in [6.45, 7) is 2.49. The second-order valence-electron chi connectivity index (χ2n) is 5.16. The molecule has 0 saturated carbocycles. The minimum atomic E-state index is -0.823. The highest BCUT2D eigenvalue weighted by atomic mass is 79.9. The third-order valence-electron chi connectivity index (χ3n) is 3.53. The van der Waals surface area contributed by atoms with Gasteiger partial charge in [-0.05, 0) is 30.9 Å². The monoisotopic (exact) mass is 355 g/mol. The molecule has 1 atom stereocenters. The van der Waals surface area contributed by atoms with Crippen molar-refractivity contribution in [1.29, 1.82) is 0 Å². The van der Waals surface area contributed by atoms with Crippen LogP contribution in [0, 0.1) is 5.92 Å². The molecule has 5 heteroatoms. The van der Waals surface area contributed by atoms with Crippen molar-refractivity contribution >= 4 is 27.8 Å². The largest absolute Gasteiger partial charge is 0.481 e. The van der Waals surface area contributed by atoms with Crippen LogP contribution in [0.5, 0.6) is 0 Å². The smallest absolute Gasteiger partial charge is 0.303 e. The molecule has 1 unspecified atom stereocenters. The zero-order chi connectivity index (χ0) is 15.8. The molecule has 1 aromatic rings. The lowest BCUT2D eigenvalue weighted by Crippen LogP contribution is -2.34. The molecule has 1 N–H and O–H groups in total. The quantitative estimate of drug-likeness (QED) is 0.777. The van der Waals surface area contributed by atoms with Crippen LogP contribution in [0.15, 0.2) is 28.7 Å². The van der Waals surface area contributed by atoms with Crippen LogP contribution in [0.1, 0.15) is 31.7 Å². The fraction of sp³-hybridized carbons (Fsp3) is 0.500. The molecule has 0 aliphatic rings. The number of carbonyl (C=O) groups is 2. The Balaban J connectivity index is 2.60. The molecule has 0 saturated heterocycles. The average molecular weight is 356 g/mol. The molecule has 0 aromatic heterocycles. The van der Waals surface area contributed by atoms with E-state index in [-0.39, 0.29) is 18.2 Å². The van der Waals surface area contributed by atoms with E-state index in [1.54, 1.807) is 11.9 Å². The highest BCUT2D eigenvalue weighted by Gasteiger charge is 2.21. The Bertz CT molecular complexity index is 490. The van der Waals surface area contributed by atoms with Crippen molar-refractivity contribution in [3.05, 3.63) is 34.3 Å². The maximum atomic E-state index is 12.4. The van der Waals surface area contributed by atoms with E-state index in [2.05, 4.69) is 15.9 Å². The van der Waals surface area contributed by atoms with Gasteiger partial charge in [-0.3, -0.25) is 9.59 Å². The predicted octanol–water partition coefficient (Wildman–Crippen LogP) is 3.34. The van der Waals surface area contributed by atoms with E-state index in [9.17, 15) is 9.59 Å². The number of carbonyl (C=O) groups excluding carboxylic acids is 1. The molecule has 1 rings (SSSR count). The van der Waals surface area contributed by atoms with Gasteiger partial charge in [0.15, 0.2) is 0 Å². The van der Waals surface area contributed by atoms with E-state index in [4.69, 9.17) is 5.11 Å².